The number of halogens is 2. The van der Waals surface area contributed by atoms with Gasteiger partial charge >= 0.3 is 0 Å². The van der Waals surface area contributed by atoms with Gasteiger partial charge in [0.05, 0.1) is 4.90 Å². The van der Waals surface area contributed by atoms with E-state index in [2.05, 4.69) is 9.71 Å². The molecule has 0 saturated carbocycles. The predicted molar refractivity (Wildman–Crippen MR) is 121 cm³/mol. The van der Waals surface area contributed by atoms with Gasteiger partial charge in [-0.1, -0.05) is 26.0 Å². The zero-order valence-corrected chi connectivity index (χ0v) is 19.5. The van der Waals surface area contributed by atoms with Crippen LogP contribution in [0.3, 0.4) is 0 Å². The molecular weight excluding hydrogens is 466 g/mol. The lowest BCUT2D eigenvalue weighted by Gasteiger charge is -2.36. The molecule has 1 fully saturated rings. The summed E-state index contributed by atoms with van der Waals surface area (Å²) in [7, 11) is -3.73. The number of carbonyl (C=O) groups excluding carboxylic acids is 2. The summed E-state index contributed by atoms with van der Waals surface area (Å²) in [6.07, 6.45) is 0. The van der Waals surface area contributed by atoms with Gasteiger partial charge < -0.3 is 9.80 Å². The summed E-state index contributed by atoms with van der Waals surface area (Å²) >= 11 is 0. The number of nitrogens with one attached hydrogen (secondary N) is 1. The highest BCUT2D eigenvalue weighted by Gasteiger charge is 2.35. The number of carbonyl (C=O) groups is 2. The number of piperazine rings is 1. The van der Waals surface area contributed by atoms with Gasteiger partial charge in [0.15, 0.2) is 11.6 Å². The first-order valence-electron chi connectivity index (χ1n) is 10.8. The van der Waals surface area contributed by atoms with Crippen molar-refractivity contribution in [1.82, 2.24) is 14.5 Å². The van der Waals surface area contributed by atoms with Gasteiger partial charge in [-0.15, -0.1) is 0 Å². The van der Waals surface area contributed by atoms with Gasteiger partial charge in [0.2, 0.25) is 5.91 Å². The fourth-order valence-electron chi connectivity index (χ4n) is 3.99. The van der Waals surface area contributed by atoms with Crippen LogP contribution < -0.4 is 4.72 Å². The first-order valence-corrected chi connectivity index (χ1v) is 12.3. The Bertz CT molecular complexity index is 1270. The Kier molecular flexibility index (Phi) is 6.39. The summed E-state index contributed by atoms with van der Waals surface area (Å²) < 4.78 is 53.8. The molecule has 1 atom stereocenters. The van der Waals surface area contributed by atoms with Crippen molar-refractivity contribution in [3.8, 4) is 0 Å². The highest BCUT2D eigenvalue weighted by molar-refractivity contribution is 7.90. The third kappa shape index (κ3) is 4.52. The van der Waals surface area contributed by atoms with Gasteiger partial charge in [-0.3, -0.25) is 19.3 Å². The monoisotopic (exact) mass is 490 g/mol. The molecule has 2 aromatic rings. The van der Waals surface area contributed by atoms with Crippen LogP contribution in [0.5, 0.6) is 0 Å². The number of rotatable bonds is 4. The van der Waals surface area contributed by atoms with Gasteiger partial charge in [-0.2, -0.15) is 0 Å². The third-order valence-corrected chi connectivity index (χ3v) is 7.26. The lowest BCUT2D eigenvalue weighted by molar-refractivity contribution is -0.134. The number of aliphatic imine (C=N–C) groups is 1. The molecule has 2 aliphatic rings. The summed E-state index contributed by atoms with van der Waals surface area (Å²) in [5.74, 6) is -2.91. The number of benzene rings is 2. The van der Waals surface area contributed by atoms with Crippen LogP contribution in [-0.2, 0) is 14.8 Å². The number of nitrogens with zero attached hydrogens (tertiary/aromatic N) is 3. The lowest BCUT2D eigenvalue weighted by atomic mass is 10.0. The smallest absolute Gasteiger partial charge is 0.263 e. The van der Waals surface area contributed by atoms with E-state index in [0.717, 1.165) is 12.1 Å². The molecule has 0 spiro atoms. The lowest BCUT2D eigenvalue weighted by Crippen LogP contribution is -2.53. The van der Waals surface area contributed by atoms with E-state index in [1.807, 2.05) is 13.8 Å². The van der Waals surface area contributed by atoms with Crippen molar-refractivity contribution in [2.24, 2.45) is 10.9 Å². The molecule has 34 heavy (non-hydrogen) atoms. The van der Waals surface area contributed by atoms with Crippen molar-refractivity contribution >= 4 is 27.7 Å². The highest BCUT2D eigenvalue weighted by Crippen LogP contribution is 2.24. The molecule has 1 saturated heterocycles. The van der Waals surface area contributed by atoms with Gasteiger partial charge in [0, 0.05) is 37.3 Å². The molecule has 0 unspecified atom stereocenters. The van der Waals surface area contributed by atoms with Crippen LogP contribution in [0.2, 0.25) is 0 Å². The van der Waals surface area contributed by atoms with Crippen LogP contribution in [0, 0.1) is 17.6 Å². The quantitative estimate of drug-likeness (QED) is 0.709. The van der Waals surface area contributed by atoms with E-state index < -0.39 is 33.6 Å². The van der Waals surface area contributed by atoms with Gasteiger partial charge in [0.25, 0.3) is 15.9 Å². The number of amidine groups is 1. The van der Waals surface area contributed by atoms with Crippen LogP contribution in [0.15, 0.2) is 52.4 Å². The number of fused-ring (bicyclic) bond motifs is 1. The second kappa shape index (κ2) is 9.13. The minimum absolute atomic E-state index is 0.0392. The molecule has 4 rings (SSSR count). The molecule has 0 bridgehead atoms. The largest absolute Gasteiger partial charge is 0.337 e. The first kappa shape index (κ1) is 23.8. The molecule has 0 aliphatic carbocycles. The van der Waals surface area contributed by atoms with E-state index in [0.29, 0.717) is 5.56 Å². The second-order valence-electron chi connectivity index (χ2n) is 8.51. The predicted octanol–water partition coefficient (Wildman–Crippen LogP) is 2.01. The van der Waals surface area contributed by atoms with Crippen molar-refractivity contribution in [3.05, 3.63) is 65.2 Å². The van der Waals surface area contributed by atoms with E-state index in [4.69, 9.17) is 0 Å². The molecule has 2 aromatic carbocycles. The molecule has 2 heterocycles. The van der Waals surface area contributed by atoms with E-state index in [1.165, 1.54) is 17.0 Å². The van der Waals surface area contributed by atoms with E-state index in [-0.39, 0.29) is 54.3 Å². The Morgan fingerprint density at radius 2 is 1.62 bits per heavy atom. The minimum atomic E-state index is -3.73. The van der Waals surface area contributed by atoms with Crippen molar-refractivity contribution in [3.63, 3.8) is 0 Å². The Labute approximate surface area is 196 Å². The van der Waals surface area contributed by atoms with Crippen LogP contribution >= 0.6 is 0 Å². The van der Waals surface area contributed by atoms with Crippen molar-refractivity contribution < 1.29 is 26.8 Å². The van der Waals surface area contributed by atoms with E-state index in [9.17, 15) is 26.8 Å². The average molecular weight is 491 g/mol. The molecule has 2 aliphatic heterocycles. The van der Waals surface area contributed by atoms with Gasteiger partial charge in [-0.05, 0) is 36.2 Å². The van der Waals surface area contributed by atoms with Gasteiger partial charge in [0.1, 0.15) is 11.9 Å². The zero-order chi connectivity index (χ0) is 24.6. The molecular formula is C23H24F2N4O4S. The Morgan fingerprint density at radius 3 is 2.26 bits per heavy atom. The van der Waals surface area contributed by atoms with Crippen molar-refractivity contribution in [1.29, 1.82) is 0 Å². The number of hydrogen-bond donors (Lipinski definition) is 1. The zero-order valence-electron chi connectivity index (χ0n) is 18.7. The van der Waals surface area contributed by atoms with Crippen LogP contribution in [0.4, 0.5) is 8.78 Å². The number of hydrogen-bond acceptors (Lipinski definition) is 5. The average Bonchev–Trinajstić information content (AvgIpc) is 3.08. The molecule has 11 heteroatoms. The summed E-state index contributed by atoms with van der Waals surface area (Å²) in [5, 5.41) is 0. The molecule has 2 amide bonds. The highest BCUT2D eigenvalue weighted by atomic mass is 32.2. The fourth-order valence-corrected chi connectivity index (χ4v) is 5.23. The molecule has 0 aromatic heterocycles. The first-order chi connectivity index (χ1) is 16.1. The van der Waals surface area contributed by atoms with Crippen molar-refractivity contribution in [2.45, 2.75) is 24.8 Å². The number of sulfonamides is 1. The normalized spacial score (nSPS) is 19.1. The van der Waals surface area contributed by atoms with Crippen LogP contribution in [-0.4, -0.2) is 68.1 Å². The summed E-state index contributed by atoms with van der Waals surface area (Å²) in [6.45, 7) is 4.58. The minimum Gasteiger partial charge on any atom is -0.337 e. The van der Waals surface area contributed by atoms with Crippen molar-refractivity contribution in [2.75, 3.05) is 26.2 Å². The molecule has 1 N–H and O–H groups in total. The maximum Gasteiger partial charge on any atom is 0.263 e. The standard InChI is InChI=1S/C23H24F2N4O4S/c1-14(2)20(26-21-16-5-3-4-6-19(16)34(32,33)27-21)23(31)29-11-9-28(10-12-29)22(30)15-7-8-17(24)18(25)13-15/h3-8,13-14,20H,9-12H2,1-2H3,(H,26,27)/t20-/m0/s1. The Hall–Kier alpha value is -3.34. The Morgan fingerprint density at radius 1 is 0.971 bits per heavy atom. The molecule has 180 valence electrons. The van der Waals surface area contributed by atoms with E-state index >= 15 is 0 Å². The third-order valence-electron chi connectivity index (χ3n) is 5.86. The maximum atomic E-state index is 13.5. The summed E-state index contributed by atoms with van der Waals surface area (Å²) in [6, 6.07) is 8.61. The van der Waals surface area contributed by atoms with Gasteiger partial charge in [-0.25, -0.2) is 17.2 Å². The molecule has 0 radical (unpaired) electrons. The topological polar surface area (TPSA) is 99.1 Å². The van der Waals surface area contributed by atoms with Crippen LogP contribution in [0.25, 0.3) is 0 Å². The SMILES string of the molecule is CC(C)[C@H](N=C1NS(=O)(=O)c2ccccc21)C(=O)N1CCN(C(=O)c2ccc(F)c(F)c2)CC1. The molecule has 8 nitrogen and oxygen atoms in total. The summed E-state index contributed by atoms with van der Waals surface area (Å²) in [4.78, 5) is 33.6. The maximum absolute atomic E-state index is 13.5. The Balaban J connectivity index is 1.47. The summed E-state index contributed by atoms with van der Waals surface area (Å²) in [5.41, 5.74) is 0.459. The number of amides is 2. The second-order valence-corrected chi connectivity index (χ2v) is 10.2. The van der Waals surface area contributed by atoms with Crippen LogP contribution in [0.1, 0.15) is 29.8 Å². The fraction of sp³-hybridized carbons (Fsp3) is 0.348. The van der Waals surface area contributed by atoms with E-state index in [1.54, 1.807) is 23.1 Å².